The maximum absolute atomic E-state index is 10.9. The molecule has 0 bridgehead atoms. The van der Waals surface area contributed by atoms with Crippen molar-refractivity contribution >= 4 is 5.97 Å². The smallest absolute Gasteiger partial charge is 0.307 e. The lowest BCUT2D eigenvalue weighted by atomic mass is 9.65. The van der Waals surface area contributed by atoms with Crippen molar-refractivity contribution in [2.45, 2.75) is 40.0 Å². The average Bonchev–Trinajstić information content (AvgIpc) is 1.82. The number of carboxylic acids is 1. The SMILES string of the molecule is CC1CCC(C(=O)O)C(C)(C)C1. The predicted octanol–water partition coefficient (Wildman–Crippen LogP) is 2.53. The van der Waals surface area contributed by atoms with Gasteiger partial charge in [0, 0.05) is 0 Å². The highest BCUT2D eigenvalue weighted by Crippen LogP contribution is 2.43. The molecule has 1 aliphatic rings. The molecule has 1 saturated carbocycles. The van der Waals surface area contributed by atoms with Gasteiger partial charge in [-0.2, -0.15) is 0 Å². The molecule has 2 unspecified atom stereocenters. The summed E-state index contributed by atoms with van der Waals surface area (Å²) in [5.74, 6) is -0.0591. The Morgan fingerprint density at radius 1 is 1.42 bits per heavy atom. The molecule has 1 N–H and O–H groups in total. The van der Waals surface area contributed by atoms with Gasteiger partial charge >= 0.3 is 5.97 Å². The van der Waals surface area contributed by atoms with Gasteiger partial charge in [0.25, 0.3) is 0 Å². The summed E-state index contributed by atoms with van der Waals surface area (Å²) in [7, 11) is 0. The third-order valence-corrected chi connectivity index (χ3v) is 3.06. The standard InChI is InChI=1S/C10H18O2/c1-7-4-5-8(9(11)12)10(2,3)6-7/h7-8H,4-6H2,1-3H3,(H,11,12). The Balaban J connectivity index is 2.70. The summed E-state index contributed by atoms with van der Waals surface area (Å²) in [6.45, 7) is 6.35. The maximum atomic E-state index is 10.9. The largest absolute Gasteiger partial charge is 0.481 e. The summed E-state index contributed by atoms with van der Waals surface area (Å²) < 4.78 is 0. The highest BCUT2D eigenvalue weighted by molar-refractivity contribution is 5.71. The average molecular weight is 170 g/mol. The summed E-state index contributed by atoms with van der Waals surface area (Å²) >= 11 is 0. The molecule has 0 heterocycles. The van der Waals surface area contributed by atoms with Gasteiger partial charge in [-0.15, -0.1) is 0 Å². The van der Waals surface area contributed by atoms with Gasteiger partial charge in [0.2, 0.25) is 0 Å². The summed E-state index contributed by atoms with van der Waals surface area (Å²) in [6, 6.07) is 0. The van der Waals surface area contributed by atoms with Crippen LogP contribution in [0.3, 0.4) is 0 Å². The zero-order chi connectivity index (χ0) is 9.35. The van der Waals surface area contributed by atoms with Crippen molar-refractivity contribution in [3.63, 3.8) is 0 Å². The monoisotopic (exact) mass is 170 g/mol. The molecule has 1 rings (SSSR count). The van der Waals surface area contributed by atoms with E-state index in [4.69, 9.17) is 5.11 Å². The number of carbonyl (C=O) groups is 1. The zero-order valence-corrected chi connectivity index (χ0v) is 8.13. The summed E-state index contributed by atoms with van der Waals surface area (Å²) in [5.41, 5.74) is -0.0104. The van der Waals surface area contributed by atoms with Crippen LogP contribution < -0.4 is 0 Å². The lowest BCUT2D eigenvalue weighted by molar-refractivity contribution is -0.148. The Morgan fingerprint density at radius 2 is 2.00 bits per heavy atom. The van der Waals surface area contributed by atoms with Gasteiger partial charge in [-0.3, -0.25) is 4.79 Å². The summed E-state index contributed by atoms with van der Waals surface area (Å²) in [5, 5.41) is 8.96. The van der Waals surface area contributed by atoms with Crippen LogP contribution in [0.4, 0.5) is 0 Å². The Labute approximate surface area is 74.0 Å². The normalized spacial score (nSPS) is 34.6. The Bertz CT molecular complexity index is 184. The molecule has 1 aliphatic carbocycles. The minimum Gasteiger partial charge on any atom is -0.481 e. The van der Waals surface area contributed by atoms with Crippen molar-refractivity contribution < 1.29 is 9.90 Å². The minimum atomic E-state index is -0.619. The number of aliphatic carboxylic acids is 1. The highest BCUT2D eigenvalue weighted by atomic mass is 16.4. The van der Waals surface area contributed by atoms with E-state index in [9.17, 15) is 4.79 Å². The van der Waals surface area contributed by atoms with Crippen LogP contribution in [0.25, 0.3) is 0 Å². The second-order valence-electron chi connectivity index (χ2n) is 4.77. The maximum Gasteiger partial charge on any atom is 0.307 e. The van der Waals surface area contributed by atoms with Crippen LogP contribution >= 0.6 is 0 Å². The van der Waals surface area contributed by atoms with E-state index < -0.39 is 5.97 Å². The molecular formula is C10H18O2. The van der Waals surface area contributed by atoms with E-state index in [2.05, 4.69) is 20.8 Å². The van der Waals surface area contributed by atoms with Crippen molar-refractivity contribution in [1.29, 1.82) is 0 Å². The van der Waals surface area contributed by atoms with Gasteiger partial charge in [-0.1, -0.05) is 20.8 Å². The van der Waals surface area contributed by atoms with Gasteiger partial charge in [-0.25, -0.2) is 0 Å². The molecule has 2 heteroatoms. The predicted molar refractivity (Wildman–Crippen MR) is 47.9 cm³/mol. The zero-order valence-electron chi connectivity index (χ0n) is 8.13. The number of hydrogen-bond acceptors (Lipinski definition) is 1. The molecule has 2 atom stereocenters. The number of hydrogen-bond donors (Lipinski definition) is 1. The minimum absolute atomic E-state index is 0.0104. The second kappa shape index (κ2) is 3.08. The Kier molecular flexibility index (Phi) is 2.45. The summed E-state index contributed by atoms with van der Waals surface area (Å²) in [6.07, 6.45) is 2.97. The fourth-order valence-electron chi connectivity index (χ4n) is 2.44. The lowest BCUT2D eigenvalue weighted by Gasteiger charge is -2.38. The highest BCUT2D eigenvalue weighted by Gasteiger charge is 2.39. The molecule has 1 fully saturated rings. The fraction of sp³-hybridized carbons (Fsp3) is 0.900. The van der Waals surface area contributed by atoms with E-state index in [1.165, 1.54) is 0 Å². The molecule has 0 aromatic rings. The van der Waals surface area contributed by atoms with Crippen molar-refractivity contribution in [1.82, 2.24) is 0 Å². The first-order valence-corrected chi connectivity index (χ1v) is 4.66. The van der Waals surface area contributed by atoms with Gasteiger partial charge in [0.15, 0.2) is 0 Å². The second-order valence-corrected chi connectivity index (χ2v) is 4.77. The van der Waals surface area contributed by atoms with E-state index in [1.807, 2.05) is 0 Å². The molecule has 0 aromatic carbocycles. The van der Waals surface area contributed by atoms with Gasteiger partial charge in [0.05, 0.1) is 5.92 Å². The molecule has 0 spiro atoms. The lowest BCUT2D eigenvalue weighted by Crippen LogP contribution is -2.36. The quantitative estimate of drug-likeness (QED) is 0.656. The van der Waals surface area contributed by atoms with Crippen molar-refractivity contribution in [3.8, 4) is 0 Å². The first kappa shape index (κ1) is 9.56. The number of rotatable bonds is 1. The van der Waals surface area contributed by atoms with E-state index in [1.54, 1.807) is 0 Å². The van der Waals surface area contributed by atoms with Crippen molar-refractivity contribution in [2.75, 3.05) is 0 Å². The van der Waals surface area contributed by atoms with Crippen LogP contribution in [-0.4, -0.2) is 11.1 Å². The van der Waals surface area contributed by atoms with Crippen LogP contribution in [0.15, 0.2) is 0 Å². The molecule has 0 aliphatic heterocycles. The van der Waals surface area contributed by atoms with E-state index in [-0.39, 0.29) is 11.3 Å². The van der Waals surface area contributed by atoms with E-state index in [0.29, 0.717) is 5.92 Å². The molecule has 2 nitrogen and oxygen atoms in total. The Morgan fingerprint density at radius 3 is 2.42 bits per heavy atom. The molecule has 70 valence electrons. The van der Waals surface area contributed by atoms with Gasteiger partial charge in [0.1, 0.15) is 0 Å². The van der Waals surface area contributed by atoms with Crippen LogP contribution in [-0.2, 0) is 4.79 Å². The summed E-state index contributed by atoms with van der Waals surface area (Å²) in [4.78, 5) is 10.9. The fourth-order valence-corrected chi connectivity index (χ4v) is 2.44. The van der Waals surface area contributed by atoms with Crippen molar-refractivity contribution in [3.05, 3.63) is 0 Å². The van der Waals surface area contributed by atoms with E-state index >= 15 is 0 Å². The molecule has 0 radical (unpaired) electrons. The van der Waals surface area contributed by atoms with Crippen molar-refractivity contribution in [2.24, 2.45) is 17.3 Å². The molecular weight excluding hydrogens is 152 g/mol. The molecule has 0 aromatic heterocycles. The molecule has 12 heavy (non-hydrogen) atoms. The first-order valence-electron chi connectivity index (χ1n) is 4.66. The van der Waals surface area contributed by atoms with Crippen LogP contribution in [0.2, 0.25) is 0 Å². The third-order valence-electron chi connectivity index (χ3n) is 3.06. The topological polar surface area (TPSA) is 37.3 Å². The molecule has 0 saturated heterocycles. The van der Waals surface area contributed by atoms with Crippen LogP contribution in [0.5, 0.6) is 0 Å². The molecule has 0 amide bonds. The van der Waals surface area contributed by atoms with E-state index in [0.717, 1.165) is 19.3 Å². The van der Waals surface area contributed by atoms with Crippen LogP contribution in [0.1, 0.15) is 40.0 Å². The van der Waals surface area contributed by atoms with Gasteiger partial charge in [-0.05, 0) is 30.6 Å². The van der Waals surface area contributed by atoms with Gasteiger partial charge < -0.3 is 5.11 Å². The van der Waals surface area contributed by atoms with Crippen LogP contribution in [0, 0.1) is 17.3 Å². The first-order chi connectivity index (χ1) is 5.43. The number of carboxylic acid groups (broad SMARTS) is 1. The Hall–Kier alpha value is -0.530. The third kappa shape index (κ3) is 1.79.